The van der Waals surface area contributed by atoms with Gasteiger partial charge in [-0.15, -0.1) is 0 Å². The van der Waals surface area contributed by atoms with Gasteiger partial charge in [-0.3, -0.25) is 14.5 Å². The molecule has 160 valence electrons. The number of rotatable bonds is 5. The van der Waals surface area contributed by atoms with Gasteiger partial charge in [0.15, 0.2) is 0 Å². The molecule has 2 aromatic rings. The Morgan fingerprint density at radius 2 is 1.87 bits per heavy atom. The van der Waals surface area contributed by atoms with E-state index in [9.17, 15) is 18.8 Å². The first-order chi connectivity index (χ1) is 15.0. The van der Waals surface area contributed by atoms with E-state index in [2.05, 4.69) is 5.32 Å². The fourth-order valence-corrected chi connectivity index (χ4v) is 4.80. The molecule has 31 heavy (non-hydrogen) atoms. The Morgan fingerprint density at radius 3 is 2.65 bits per heavy atom. The molecule has 0 unspecified atom stereocenters. The van der Waals surface area contributed by atoms with E-state index in [4.69, 9.17) is 0 Å². The second-order valence-corrected chi connectivity index (χ2v) is 8.58. The maximum Gasteiger partial charge on any atom is 0.325 e. The molecule has 3 aliphatic rings. The molecule has 1 N–H and O–H groups in total. The molecule has 4 amide bonds. The molecule has 1 spiro atoms. The van der Waals surface area contributed by atoms with Gasteiger partial charge in [0.1, 0.15) is 17.9 Å². The number of amides is 4. The highest BCUT2D eigenvalue weighted by Gasteiger charge is 2.54. The van der Waals surface area contributed by atoms with Gasteiger partial charge < -0.3 is 10.2 Å². The minimum atomic E-state index is -1.10. The number of halogens is 1. The van der Waals surface area contributed by atoms with Crippen molar-refractivity contribution >= 4 is 17.8 Å². The van der Waals surface area contributed by atoms with E-state index >= 15 is 0 Å². The smallest absolute Gasteiger partial charge is 0.325 e. The van der Waals surface area contributed by atoms with Crippen LogP contribution in [0.25, 0.3) is 0 Å². The monoisotopic (exact) mass is 421 g/mol. The van der Waals surface area contributed by atoms with Gasteiger partial charge in [0.05, 0.1) is 0 Å². The van der Waals surface area contributed by atoms with Crippen LogP contribution in [0.2, 0.25) is 0 Å². The van der Waals surface area contributed by atoms with Crippen molar-refractivity contribution in [2.45, 2.75) is 50.2 Å². The third-order valence-corrected chi connectivity index (χ3v) is 6.55. The summed E-state index contributed by atoms with van der Waals surface area (Å²) in [4.78, 5) is 42.0. The summed E-state index contributed by atoms with van der Waals surface area (Å²) < 4.78 is 14.1. The number of urea groups is 1. The standard InChI is InChI=1S/C24H24FN3O3/c25-20-10-4-2-7-17(20)14-27(18-11-12-18)21(29)15-28-22(30)24(26-23(28)31)13-5-8-16-6-1-3-9-19(16)24/h1-4,6-7,9-10,18H,5,8,11-15H2,(H,26,31)/t24-/m1/s1. The molecule has 2 aliphatic carbocycles. The first-order valence-corrected chi connectivity index (χ1v) is 10.7. The molecule has 1 saturated carbocycles. The van der Waals surface area contributed by atoms with Gasteiger partial charge in [0.2, 0.25) is 5.91 Å². The summed E-state index contributed by atoms with van der Waals surface area (Å²) in [5, 5.41) is 2.88. The van der Waals surface area contributed by atoms with Crippen molar-refractivity contribution < 1.29 is 18.8 Å². The second-order valence-electron chi connectivity index (χ2n) is 8.58. The highest BCUT2D eigenvalue weighted by Crippen LogP contribution is 2.40. The lowest BCUT2D eigenvalue weighted by Crippen LogP contribution is -2.47. The van der Waals surface area contributed by atoms with Gasteiger partial charge in [-0.25, -0.2) is 9.18 Å². The summed E-state index contributed by atoms with van der Waals surface area (Å²) >= 11 is 0. The van der Waals surface area contributed by atoms with E-state index in [1.54, 1.807) is 23.1 Å². The number of nitrogens with one attached hydrogen (secondary N) is 1. The Hall–Kier alpha value is -3.22. The summed E-state index contributed by atoms with van der Waals surface area (Å²) in [5.74, 6) is -1.08. The van der Waals surface area contributed by atoms with Gasteiger partial charge in [0.25, 0.3) is 5.91 Å². The maximum absolute atomic E-state index is 14.1. The average Bonchev–Trinajstić information content (AvgIpc) is 3.58. The second kappa shape index (κ2) is 7.48. The van der Waals surface area contributed by atoms with Gasteiger partial charge in [-0.05, 0) is 49.3 Å². The molecule has 2 fully saturated rings. The molecule has 1 heterocycles. The van der Waals surface area contributed by atoms with E-state index in [0.29, 0.717) is 12.0 Å². The number of carbonyl (C=O) groups is 3. The molecule has 0 radical (unpaired) electrons. The molecular weight excluding hydrogens is 397 g/mol. The van der Waals surface area contributed by atoms with Crippen LogP contribution in [0, 0.1) is 5.82 Å². The molecule has 1 saturated heterocycles. The number of nitrogens with zero attached hydrogens (tertiary/aromatic N) is 2. The number of benzene rings is 2. The van der Waals surface area contributed by atoms with Crippen LogP contribution in [-0.2, 0) is 28.1 Å². The lowest BCUT2D eigenvalue weighted by molar-refractivity contribution is -0.140. The molecule has 2 aromatic carbocycles. The number of hydrogen-bond donors (Lipinski definition) is 1. The van der Waals surface area contributed by atoms with Crippen LogP contribution in [0.4, 0.5) is 9.18 Å². The Balaban J connectivity index is 1.37. The SMILES string of the molecule is O=C1N[C@@]2(CCCc3ccccc32)C(=O)N1CC(=O)N(Cc1ccccc1F)C1CC1. The Morgan fingerprint density at radius 1 is 1.13 bits per heavy atom. The normalized spacial score (nSPS) is 22.4. The number of fused-ring (bicyclic) bond motifs is 2. The molecule has 1 atom stereocenters. The zero-order chi connectivity index (χ0) is 21.6. The fourth-order valence-electron chi connectivity index (χ4n) is 4.80. The molecule has 6 nitrogen and oxygen atoms in total. The van der Waals surface area contributed by atoms with E-state index in [1.807, 2.05) is 24.3 Å². The number of carbonyl (C=O) groups excluding carboxylic acids is 3. The van der Waals surface area contributed by atoms with Crippen molar-refractivity contribution in [3.8, 4) is 0 Å². The summed E-state index contributed by atoms with van der Waals surface area (Å²) in [5.41, 5.74) is 1.20. The van der Waals surface area contributed by atoms with Crippen molar-refractivity contribution in [3.63, 3.8) is 0 Å². The molecule has 0 aromatic heterocycles. The van der Waals surface area contributed by atoms with E-state index in [-0.39, 0.29) is 36.8 Å². The molecule has 0 bridgehead atoms. The first-order valence-electron chi connectivity index (χ1n) is 10.7. The lowest BCUT2D eigenvalue weighted by Gasteiger charge is -2.33. The first kappa shape index (κ1) is 19.7. The van der Waals surface area contributed by atoms with Crippen LogP contribution in [0.1, 0.15) is 42.4 Å². The molecule has 7 heteroatoms. The molecular formula is C24H24FN3O3. The van der Waals surface area contributed by atoms with Gasteiger partial charge >= 0.3 is 6.03 Å². The van der Waals surface area contributed by atoms with Crippen LogP contribution in [0.3, 0.4) is 0 Å². The van der Waals surface area contributed by atoms with E-state index in [1.165, 1.54) is 6.07 Å². The summed E-state index contributed by atoms with van der Waals surface area (Å²) in [6.45, 7) is -0.201. The molecule has 1 aliphatic heterocycles. The number of hydrogen-bond acceptors (Lipinski definition) is 3. The quantitative estimate of drug-likeness (QED) is 0.755. The van der Waals surface area contributed by atoms with Gasteiger partial charge in [0, 0.05) is 18.2 Å². The van der Waals surface area contributed by atoms with Crippen molar-refractivity contribution in [2.75, 3.05) is 6.54 Å². The maximum atomic E-state index is 14.1. The Bertz CT molecular complexity index is 1070. The van der Waals surface area contributed by atoms with E-state index < -0.39 is 11.6 Å². The number of imide groups is 1. The average molecular weight is 421 g/mol. The third-order valence-electron chi connectivity index (χ3n) is 6.55. The van der Waals surface area contributed by atoms with Crippen LogP contribution in [-0.4, -0.2) is 40.2 Å². The largest absolute Gasteiger partial charge is 0.334 e. The highest BCUT2D eigenvalue weighted by molar-refractivity contribution is 6.09. The minimum absolute atomic E-state index is 0.0252. The predicted molar refractivity (Wildman–Crippen MR) is 111 cm³/mol. The van der Waals surface area contributed by atoms with E-state index in [0.717, 1.165) is 41.7 Å². The van der Waals surface area contributed by atoms with Gasteiger partial charge in [-0.2, -0.15) is 0 Å². The molecule has 5 rings (SSSR count). The lowest BCUT2D eigenvalue weighted by atomic mass is 9.76. The predicted octanol–water partition coefficient (Wildman–Crippen LogP) is 3.10. The van der Waals surface area contributed by atoms with Crippen molar-refractivity contribution in [1.29, 1.82) is 0 Å². The fraction of sp³-hybridized carbons (Fsp3) is 0.375. The zero-order valence-electron chi connectivity index (χ0n) is 17.1. The minimum Gasteiger partial charge on any atom is -0.334 e. The summed E-state index contributed by atoms with van der Waals surface area (Å²) in [6.07, 6.45) is 3.85. The Labute approximate surface area is 180 Å². The van der Waals surface area contributed by atoms with Crippen LogP contribution in [0.15, 0.2) is 48.5 Å². The van der Waals surface area contributed by atoms with Crippen molar-refractivity contribution in [2.24, 2.45) is 0 Å². The van der Waals surface area contributed by atoms with Crippen molar-refractivity contribution in [1.82, 2.24) is 15.1 Å². The zero-order valence-corrected chi connectivity index (χ0v) is 17.1. The summed E-state index contributed by atoms with van der Waals surface area (Å²) in [6, 6.07) is 13.5. The van der Waals surface area contributed by atoms with Gasteiger partial charge in [-0.1, -0.05) is 42.5 Å². The highest BCUT2D eigenvalue weighted by atomic mass is 19.1. The number of aryl methyl sites for hydroxylation is 1. The third kappa shape index (κ3) is 3.38. The summed E-state index contributed by atoms with van der Waals surface area (Å²) in [7, 11) is 0. The van der Waals surface area contributed by atoms with Crippen LogP contribution >= 0.6 is 0 Å². The van der Waals surface area contributed by atoms with Crippen molar-refractivity contribution in [3.05, 3.63) is 71.0 Å². The Kier molecular flexibility index (Phi) is 4.76. The topological polar surface area (TPSA) is 69.7 Å². The van der Waals surface area contributed by atoms with Crippen LogP contribution in [0.5, 0.6) is 0 Å². The van der Waals surface area contributed by atoms with Crippen LogP contribution < -0.4 is 5.32 Å².